The first-order chi connectivity index (χ1) is 8.48. The third-order valence-electron chi connectivity index (χ3n) is 2.95. The summed E-state index contributed by atoms with van der Waals surface area (Å²) >= 11 is 6.29. The maximum absolute atomic E-state index is 12.4. The van der Waals surface area contributed by atoms with Crippen molar-refractivity contribution in [3.8, 4) is 0 Å². The van der Waals surface area contributed by atoms with Gasteiger partial charge in [-0.2, -0.15) is 13.2 Å². The molecule has 0 heterocycles. The molecule has 2 rings (SSSR count). The molecule has 2 atom stereocenters. The topological polar surface area (TPSA) is 0 Å². The van der Waals surface area contributed by atoms with E-state index >= 15 is 0 Å². The van der Waals surface area contributed by atoms with Crippen LogP contribution in [-0.2, 0) is 6.18 Å². The van der Waals surface area contributed by atoms with Gasteiger partial charge < -0.3 is 0 Å². The lowest BCUT2D eigenvalue weighted by Gasteiger charge is -2.20. The van der Waals surface area contributed by atoms with Crippen LogP contribution in [0.3, 0.4) is 0 Å². The summed E-state index contributed by atoms with van der Waals surface area (Å²) in [5.41, 5.74) is 0.0730. The van der Waals surface area contributed by atoms with Crippen molar-refractivity contribution in [1.82, 2.24) is 0 Å². The van der Waals surface area contributed by atoms with Gasteiger partial charge in [0.1, 0.15) is 0 Å². The second-order valence-electron chi connectivity index (χ2n) is 4.23. The zero-order valence-electron chi connectivity index (χ0n) is 9.49. The summed E-state index contributed by atoms with van der Waals surface area (Å²) in [4.78, 5) is 0. The summed E-state index contributed by atoms with van der Waals surface area (Å²) in [6, 6.07) is 5.06. The van der Waals surface area contributed by atoms with Gasteiger partial charge in [0.2, 0.25) is 0 Å². The summed E-state index contributed by atoms with van der Waals surface area (Å²) in [7, 11) is 0. The molecule has 0 aliphatic heterocycles. The van der Waals surface area contributed by atoms with Gasteiger partial charge in [-0.25, -0.2) is 0 Å². The fraction of sp³-hybridized carbons (Fsp3) is 0.286. The van der Waals surface area contributed by atoms with E-state index in [-0.39, 0.29) is 11.3 Å². The van der Waals surface area contributed by atoms with Crippen LogP contribution in [0, 0.1) is 5.92 Å². The van der Waals surface area contributed by atoms with Crippen molar-refractivity contribution in [2.24, 2.45) is 5.92 Å². The Morgan fingerprint density at radius 2 is 1.78 bits per heavy atom. The fourth-order valence-corrected chi connectivity index (χ4v) is 2.25. The van der Waals surface area contributed by atoms with E-state index in [0.29, 0.717) is 0 Å². The van der Waals surface area contributed by atoms with E-state index < -0.39 is 11.7 Å². The standard InChI is InChI=1S/C14H12ClF3/c15-13(10-4-2-1-3-5-10)11-6-8-12(9-7-11)14(16,17)18/h1-4,6-10,13H,5H2. The van der Waals surface area contributed by atoms with Crippen LogP contribution in [0.4, 0.5) is 13.2 Å². The normalized spacial score (nSPS) is 21.0. The second-order valence-corrected chi connectivity index (χ2v) is 4.70. The minimum absolute atomic E-state index is 0.133. The Morgan fingerprint density at radius 3 is 2.28 bits per heavy atom. The Hall–Kier alpha value is -1.22. The lowest BCUT2D eigenvalue weighted by atomic mass is 9.92. The molecule has 1 aliphatic carbocycles. The Bertz CT molecular complexity index is 457. The molecule has 0 bridgehead atoms. The number of allylic oxidation sites excluding steroid dienone is 4. The number of hydrogen-bond acceptors (Lipinski definition) is 0. The average Bonchev–Trinajstić information content (AvgIpc) is 2.38. The van der Waals surface area contributed by atoms with E-state index in [1.165, 1.54) is 12.1 Å². The van der Waals surface area contributed by atoms with Crippen molar-refractivity contribution in [2.45, 2.75) is 18.0 Å². The predicted molar refractivity (Wildman–Crippen MR) is 66.4 cm³/mol. The zero-order valence-corrected chi connectivity index (χ0v) is 10.2. The highest BCUT2D eigenvalue weighted by Crippen LogP contribution is 2.36. The van der Waals surface area contributed by atoms with Gasteiger partial charge in [-0.1, -0.05) is 36.4 Å². The van der Waals surface area contributed by atoms with Crippen LogP contribution in [-0.4, -0.2) is 0 Å². The smallest absolute Gasteiger partial charge is 0.166 e. The first kappa shape index (κ1) is 13.2. The van der Waals surface area contributed by atoms with Crippen LogP contribution >= 0.6 is 11.6 Å². The summed E-state index contributed by atoms with van der Waals surface area (Å²) < 4.78 is 37.3. The first-order valence-electron chi connectivity index (χ1n) is 5.63. The van der Waals surface area contributed by atoms with Crippen LogP contribution in [0.2, 0.25) is 0 Å². The Morgan fingerprint density at radius 1 is 1.11 bits per heavy atom. The Balaban J connectivity index is 2.14. The predicted octanol–water partition coefficient (Wildman–Crippen LogP) is 5.12. The Kier molecular flexibility index (Phi) is 3.81. The molecule has 1 aromatic rings. The highest BCUT2D eigenvalue weighted by molar-refractivity contribution is 6.21. The Labute approximate surface area is 109 Å². The fourth-order valence-electron chi connectivity index (χ4n) is 1.92. The van der Waals surface area contributed by atoms with Gasteiger partial charge in [-0.3, -0.25) is 0 Å². The van der Waals surface area contributed by atoms with Crippen molar-refractivity contribution in [1.29, 1.82) is 0 Å². The minimum atomic E-state index is -4.30. The quantitative estimate of drug-likeness (QED) is 0.656. The van der Waals surface area contributed by atoms with E-state index in [0.717, 1.165) is 24.1 Å². The summed E-state index contributed by atoms with van der Waals surface area (Å²) in [5, 5.41) is -0.298. The lowest BCUT2D eigenvalue weighted by Crippen LogP contribution is -2.08. The molecule has 0 amide bonds. The minimum Gasteiger partial charge on any atom is -0.166 e. The first-order valence-corrected chi connectivity index (χ1v) is 6.06. The summed E-state index contributed by atoms with van der Waals surface area (Å²) in [5.74, 6) is 0.133. The molecule has 96 valence electrons. The monoisotopic (exact) mass is 272 g/mol. The molecule has 0 spiro atoms. The molecule has 0 radical (unpaired) electrons. The molecule has 1 aromatic carbocycles. The molecular weight excluding hydrogens is 261 g/mol. The van der Waals surface area contributed by atoms with Gasteiger partial charge in [0.05, 0.1) is 10.9 Å². The van der Waals surface area contributed by atoms with Gasteiger partial charge in [0.15, 0.2) is 0 Å². The molecule has 0 aromatic heterocycles. The van der Waals surface area contributed by atoms with E-state index in [1.54, 1.807) is 0 Å². The molecule has 4 heteroatoms. The van der Waals surface area contributed by atoms with Crippen LogP contribution in [0.15, 0.2) is 48.6 Å². The second kappa shape index (κ2) is 5.19. The van der Waals surface area contributed by atoms with Crippen molar-refractivity contribution in [2.75, 3.05) is 0 Å². The van der Waals surface area contributed by atoms with E-state index in [4.69, 9.17) is 11.6 Å². The van der Waals surface area contributed by atoms with Gasteiger partial charge in [0, 0.05) is 5.92 Å². The average molecular weight is 273 g/mol. The summed E-state index contributed by atoms with van der Waals surface area (Å²) in [6.07, 6.45) is 4.35. The number of halogens is 4. The molecular formula is C14H12ClF3. The number of alkyl halides is 4. The van der Waals surface area contributed by atoms with Gasteiger partial charge in [-0.15, -0.1) is 11.6 Å². The van der Waals surface area contributed by atoms with Gasteiger partial charge in [-0.05, 0) is 24.1 Å². The number of hydrogen-bond donors (Lipinski definition) is 0. The number of rotatable bonds is 2. The highest BCUT2D eigenvalue weighted by Gasteiger charge is 2.30. The van der Waals surface area contributed by atoms with Gasteiger partial charge >= 0.3 is 6.18 Å². The maximum atomic E-state index is 12.4. The molecule has 2 unspecified atom stereocenters. The molecule has 0 N–H and O–H groups in total. The number of benzene rings is 1. The van der Waals surface area contributed by atoms with Crippen LogP contribution in [0.1, 0.15) is 22.9 Å². The molecule has 1 aliphatic rings. The van der Waals surface area contributed by atoms with Crippen LogP contribution < -0.4 is 0 Å². The van der Waals surface area contributed by atoms with E-state index in [2.05, 4.69) is 0 Å². The summed E-state index contributed by atoms with van der Waals surface area (Å²) in [6.45, 7) is 0. The van der Waals surface area contributed by atoms with Crippen molar-refractivity contribution >= 4 is 11.6 Å². The van der Waals surface area contributed by atoms with E-state index in [9.17, 15) is 13.2 Å². The third-order valence-corrected chi connectivity index (χ3v) is 3.52. The van der Waals surface area contributed by atoms with Crippen LogP contribution in [0.25, 0.3) is 0 Å². The zero-order chi connectivity index (χ0) is 13.2. The third kappa shape index (κ3) is 2.96. The van der Waals surface area contributed by atoms with Gasteiger partial charge in [0.25, 0.3) is 0 Å². The molecule has 0 saturated carbocycles. The lowest BCUT2D eigenvalue weighted by molar-refractivity contribution is -0.137. The molecule has 0 nitrogen and oxygen atoms in total. The maximum Gasteiger partial charge on any atom is 0.416 e. The molecule has 18 heavy (non-hydrogen) atoms. The van der Waals surface area contributed by atoms with Crippen molar-refractivity contribution in [3.05, 3.63) is 59.7 Å². The highest BCUT2D eigenvalue weighted by atomic mass is 35.5. The molecule has 0 saturated heterocycles. The molecule has 0 fully saturated rings. The van der Waals surface area contributed by atoms with E-state index in [1.807, 2.05) is 24.3 Å². The SMILES string of the molecule is FC(F)(F)c1ccc(C(Cl)C2C=CC=CC2)cc1. The largest absolute Gasteiger partial charge is 0.416 e. The van der Waals surface area contributed by atoms with Crippen molar-refractivity contribution in [3.63, 3.8) is 0 Å². The van der Waals surface area contributed by atoms with Crippen molar-refractivity contribution < 1.29 is 13.2 Å². The van der Waals surface area contributed by atoms with Crippen LogP contribution in [0.5, 0.6) is 0 Å².